The molecule has 2 aromatic rings. The van der Waals surface area contributed by atoms with Gasteiger partial charge < -0.3 is 9.84 Å². The van der Waals surface area contributed by atoms with E-state index in [1.54, 1.807) is 57.2 Å². The predicted molar refractivity (Wildman–Crippen MR) is 104 cm³/mol. The minimum atomic E-state index is -4.25. The number of aliphatic hydroxyl groups excluding tert-OH is 1. The number of benzene rings is 2. The average molecular weight is 407 g/mol. The first-order valence-corrected chi connectivity index (χ1v) is 10.1. The molecule has 0 heterocycles. The number of amides is 1. The average Bonchev–Trinajstić information content (AvgIpc) is 2.60. The SMILES string of the molecule is Cc1ccc(S(=O)(=O)ON(Cc2ccccc2CO)C(=O)OC(C)(C)C)cc1. The summed E-state index contributed by atoms with van der Waals surface area (Å²) in [5.74, 6) is 0. The molecule has 0 aliphatic heterocycles. The Bertz CT molecular complexity index is 916. The van der Waals surface area contributed by atoms with Gasteiger partial charge in [0.15, 0.2) is 0 Å². The van der Waals surface area contributed by atoms with Gasteiger partial charge in [0.2, 0.25) is 0 Å². The van der Waals surface area contributed by atoms with E-state index in [4.69, 9.17) is 9.02 Å². The monoisotopic (exact) mass is 407 g/mol. The van der Waals surface area contributed by atoms with E-state index in [2.05, 4.69) is 0 Å². The van der Waals surface area contributed by atoms with Gasteiger partial charge in [-0.2, -0.15) is 13.5 Å². The van der Waals surface area contributed by atoms with Crippen molar-refractivity contribution in [3.63, 3.8) is 0 Å². The van der Waals surface area contributed by atoms with Gasteiger partial charge in [0, 0.05) is 0 Å². The second kappa shape index (κ2) is 8.72. The Balaban J connectivity index is 2.34. The summed E-state index contributed by atoms with van der Waals surface area (Å²) in [7, 11) is -4.25. The molecule has 0 aliphatic carbocycles. The van der Waals surface area contributed by atoms with Crippen LogP contribution in [0.25, 0.3) is 0 Å². The quantitative estimate of drug-likeness (QED) is 0.736. The third-order valence-electron chi connectivity index (χ3n) is 3.70. The van der Waals surface area contributed by atoms with Gasteiger partial charge in [-0.05, 0) is 51.0 Å². The Morgan fingerprint density at radius 3 is 2.14 bits per heavy atom. The molecule has 0 aromatic heterocycles. The molecule has 0 aliphatic rings. The summed E-state index contributed by atoms with van der Waals surface area (Å²) in [5, 5.41) is 10.1. The molecule has 0 bridgehead atoms. The maximum absolute atomic E-state index is 12.6. The Morgan fingerprint density at radius 1 is 1.04 bits per heavy atom. The highest BCUT2D eigenvalue weighted by atomic mass is 32.2. The second-order valence-corrected chi connectivity index (χ2v) is 8.81. The minimum absolute atomic E-state index is 0.0814. The molecule has 152 valence electrons. The second-order valence-electron chi connectivity index (χ2n) is 7.29. The van der Waals surface area contributed by atoms with Crippen LogP contribution in [-0.4, -0.2) is 30.3 Å². The van der Waals surface area contributed by atoms with Crippen LogP contribution in [0, 0.1) is 6.92 Å². The van der Waals surface area contributed by atoms with Crippen LogP contribution in [-0.2, 0) is 32.3 Å². The number of aliphatic hydroxyl groups is 1. The van der Waals surface area contributed by atoms with E-state index in [0.29, 0.717) is 16.2 Å². The zero-order valence-electron chi connectivity index (χ0n) is 16.4. The van der Waals surface area contributed by atoms with Crippen LogP contribution >= 0.6 is 0 Å². The van der Waals surface area contributed by atoms with Crippen LogP contribution in [0.1, 0.15) is 37.5 Å². The molecular formula is C20H25NO6S. The molecule has 2 rings (SSSR count). The lowest BCUT2D eigenvalue weighted by Crippen LogP contribution is -2.38. The number of hydroxylamine groups is 2. The summed E-state index contributed by atoms with van der Waals surface area (Å²) in [5.41, 5.74) is 1.13. The third kappa shape index (κ3) is 6.05. The van der Waals surface area contributed by atoms with Gasteiger partial charge in [0.05, 0.1) is 18.0 Å². The van der Waals surface area contributed by atoms with E-state index >= 15 is 0 Å². The van der Waals surface area contributed by atoms with E-state index in [1.807, 2.05) is 6.92 Å². The predicted octanol–water partition coefficient (Wildman–Crippen LogP) is 3.54. The van der Waals surface area contributed by atoms with Crippen LogP contribution in [0.4, 0.5) is 4.79 Å². The smallest absolute Gasteiger partial charge is 0.435 e. The lowest BCUT2D eigenvalue weighted by atomic mass is 10.1. The summed E-state index contributed by atoms with van der Waals surface area (Å²) >= 11 is 0. The fraction of sp³-hybridized carbons (Fsp3) is 0.350. The van der Waals surface area contributed by atoms with Crippen molar-refractivity contribution in [1.82, 2.24) is 5.06 Å². The van der Waals surface area contributed by atoms with Gasteiger partial charge >= 0.3 is 16.2 Å². The molecule has 0 atom stereocenters. The molecule has 0 saturated heterocycles. The summed E-state index contributed by atoms with van der Waals surface area (Å²) in [6, 6.07) is 12.9. The number of rotatable bonds is 6. The van der Waals surface area contributed by atoms with Gasteiger partial charge in [-0.3, -0.25) is 0 Å². The van der Waals surface area contributed by atoms with Crippen molar-refractivity contribution >= 4 is 16.2 Å². The minimum Gasteiger partial charge on any atom is -0.442 e. The van der Waals surface area contributed by atoms with Crippen molar-refractivity contribution < 1.29 is 27.3 Å². The van der Waals surface area contributed by atoms with E-state index < -0.39 is 21.8 Å². The molecule has 28 heavy (non-hydrogen) atoms. The van der Waals surface area contributed by atoms with Crippen LogP contribution in [0.15, 0.2) is 53.4 Å². The van der Waals surface area contributed by atoms with Crippen molar-refractivity contribution in [2.75, 3.05) is 0 Å². The van der Waals surface area contributed by atoms with Gasteiger partial charge in [-0.1, -0.05) is 42.0 Å². The number of hydrogen-bond donors (Lipinski definition) is 1. The number of ether oxygens (including phenoxy) is 1. The summed E-state index contributed by atoms with van der Waals surface area (Å²) < 4.78 is 35.7. The zero-order chi connectivity index (χ0) is 20.9. The fourth-order valence-corrected chi connectivity index (χ4v) is 3.23. The Labute approximate surface area is 165 Å². The largest absolute Gasteiger partial charge is 0.442 e. The first-order valence-electron chi connectivity index (χ1n) is 8.71. The molecule has 0 unspecified atom stereocenters. The number of hydrogen-bond acceptors (Lipinski definition) is 6. The number of carbonyl (C=O) groups excluding carboxylic acids is 1. The van der Waals surface area contributed by atoms with Crippen molar-refractivity contribution in [3.8, 4) is 0 Å². The van der Waals surface area contributed by atoms with Gasteiger partial charge in [0.1, 0.15) is 5.60 Å². The Hall–Kier alpha value is -2.42. The standard InChI is InChI=1S/C20H25NO6S/c1-15-9-11-18(12-10-15)28(24,25)27-21(19(23)26-20(2,3)4)13-16-7-5-6-8-17(16)14-22/h5-12,22H,13-14H2,1-4H3. The molecule has 0 spiro atoms. The highest BCUT2D eigenvalue weighted by Gasteiger charge is 2.29. The summed E-state index contributed by atoms with van der Waals surface area (Å²) in [6.07, 6.45) is -0.948. The lowest BCUT2D eigenvalue weighted by molar-refractivity contribution is -0.0741. The van der Waals surface area contributed by atoms with Crippen LogP contribution < -0.4 is 0 Å². The Morgan fingerprint density at radius 2 is 1.61 bits per heavy atom. The highest BCUT2D eigenvalue weighted by Crippen LogP contribution is 2.20. The summed E-state index contributed by atoms with van der Waals surface area (Å²) in [4.78, 5) is 12.5. The molecule has 0 radical (unpaired) electrons. The third-order valence-corrected chi connectivity index (χ3v) is 4.92. The van der Waals surface area contributed by atoms with Crippen molar-refractivity contribution in [1.29, 1.82) is 0 Å². The van der Waals surface area contributed by atoms with Crippen LogP contribution in [0.5, 0.6) is 0 Å². The molecule has 8 heteroatoms. The lowest BCUT2D eigenvalue weighted by Gasteiger charge is -2.26. The van der Waals surface area contributed by atoms with Crippen LogP contribution in [0.3, 0.4) is 0 Å². The number of carbonyl (C=O) groups is 1. The van der Waals surface area contributed by atoms with Gasteiger partial charge in [-0.15, -0.1) is 4.28 Å². The molecule has 7 nitrogen and oxygen atoms in total. The van der Waals surface area contributed by atoms with Gasteiger partial charge in [0.25, 0.3) is 0 Å². The molecule has 0 saturated carbocycles. The van der Waals surface area contributed by atoms with E-state index in [9.17, 15) is 18.3 Å². The van der Waals surface area contributed by atoms with Crippen molar-refractivity contribution in [3.05, 3.63) is 65.2 Å². The first-order chi connectivity index (χ1) is 13.0. The maximum Gasteiger partial charge on any atom is 0.435 e. The molecule has 1 amide bonds. The fourth-order valence-electron chi connectivity index (χ4n) is 2.32. The molecule has 1 N–H and O–H groups in total. The Kier molecular flexibility index (Phi) is 6.82. The number of nitrogens with zero attached hydrogens (tertiary/aromatic N) is 1. The zero-order valence-corrected chi connectivity index (χ0v) is 17.2. The first kappa shape index (κ1) is 21.9. The molecule has 0 fully saturated rings. The topological polar surface area (TPSA) is 93.1 Å². The molecule has 2 aromatic carbocycles. The van der Waals surface area contributed by atoms with Gasteiger partial charge in [-0.25, -0.2) is 4.79 Å². The highest BCUT2D eigenvalue weighted by molar-refractivity contribution is 7.86. The molecular weight excluding hydrogens is 382 g/mol. The number of aryl methyl sites for hydroxylation is 1. The van der Waals surface area contributed by atoms with Crippen LogP contribution in [0.2, 0.25) is 0 Å². The van der Waals surface area contributed by atoms with Crippen molar-refractivity contribution in [2.45, 2.75) is 51.3 Å². The van der Waals surface area contributed by atoms with E-state index in [-0.39, 0.29) is 18.0 Å². The normalized spacial score (nSPS) is 11.9. The summed E-state index contributed by atoms with van der Waals surface area (Å²) in [6.45, 7) is 6.35. The van der Waals surface area contributed by atoms with E-state index in [1.165, 1.54) is 12.1 Å². The maximum atomic E-state index is 12.6. The van der Waals surface area contributed by atoms with E-state index in [0.717, 1.165) is 5.56 Å². The van der Waals surface area contributed by atoms with Crippen molar-refractivity contribution in [2.24, 2.45) is 0 Å².